The Bertz CT molecular complexity index is 576. The maximum absolute atomic E-state index is 11.5. The van der Waals surface area contributed by atoms with E-state index in [-0.39, 0.29) is 5.69 Å². The molecule has 0 unspecified atom stereocenters. The monoisotopic (exact) mass is 259 g/mol. The number of nitrogens with two attached hydrogens (primary N) is 1. The van der Waals surface area contributed by atoms with Crippen LogP contribution >= 0.6 is 0 Å². The maximum Gasteiger partial charge on any atom is 0.360 e. The number of aromatic nitrogens is 2. The predicted molar refractivity (Wildman–Crippen MR) is 72.9 cm³/mol. The molecule has 1 aromatic carbocycles. The van der Waals surface area contributed by atoms with E-state index in [1.807, 2.05) is 29.7 Å². The van der Waals surface area contributed by atoms with E-state index in [0.29, 0.717) is 18.2 Å². The first-order valence-corrected chi connectivity index (χ1v) is 6.08. The molecule has 0 saturated heterocycles. The molecule has 0 aliphatic carbocycles. The summed E-state index contributed by atoms with van der Waals surface area (Å²) in [7, 11) is 1.32. The van der Waals surface area contributed by atoms with Gasteiger partial charge in [0, 0.05) is 6.54 Å². The van der Waals surface area contributed by atoms with Crippen LogP contribution in [0.2, 0.25) is 0 Å². The van der Waals surface area contributed by atoms with Crippen molar-refractivity contribution in [3.05, 3.63) is 47.4 Å². The van der Waals surface area contributed by atoms with Crippen LogP contribution in [0.25, 0.3) is 0 Å². The molecule has 5 nitrogen and oxygen atoms in total. The highest BCUT2D eigenvalue weighted by Crippen LogP contribution is 2.16. The summed E-state index contributed by atoms with van der Waals surface area (Å²) >= 11 is 0. The van der Waals surface area contributed by atoms with Crippen LogP contribution in [-0.4, -0.2) is 22.6 Å². The molecule has 2 N–H and O–H groups in total. The Morgan fingerprint density at radius 2 is 2.05 bits per heavy atom. The number of imidazole rings is 1. The lowest BCUT2D eigenvalue weighted by Gasteiger charge is -2.07. The smallest absolute Gasteiger partial charge is 0.360 e. The molecule has 0 aliphatic rings. The van der Waals surface area contributed by atoms with Gasteiger partial charge in [-0.05, 0) is 18.9 Å². The number of carbonyl (C=O) groups is 1. The van der Waals surface area contributed by atoms with Crippen molar-refractivity contribution in [3.63, 3.8) is 0 Å². The lowest BCUT2D eigenvalue weighted by molar-refractivity contribution is 0.0595. The fourth-order valence-electron chi connectivity index (χ4n) is 2.00. The Morgan fingerprint density at radius 3 is 2.68 bits per heavy atom. The minimum Gasteiger partial charge on any atom is -0.464 e. The SMILES string of the molecule is COC(=O)c1nc(C)n(CCc2ccccc2)c1N. The summed E-state index contributed by atoms with van der Waals surface area (Å²) < 4.78 is 6.49. The number of hydrogen-bond donors (Lipinski definition) is 1. The highest BCUT2D eigenvalue weighted by atomic mass is 16.5. The van der Waals surface area contributed by atoms with Crippen molar-refractivity contribution in [2.45, 2.75) is 19.9 Å². The van der Waals surface area contributed by atoms with Crippen molar-refractivity contribution in [1.29, 1.82) is 0 Å². The van der Waals surface area contributed by atoms with Gasteiger partial charge in [0.05, 0.1) is 7.11 Å². The summed E-state index contributed by atoms with van der Waals surface area (Å²) in [6.45, 7) is 2.51. The third kappa shape index (κ3) is 2.76. The molecule has 0 saturated carbocycles. The first-order valence-electron chi connectivity index (χ1n) is 6.08. The maximum atomic E-state index is 11.5. The number of rotatable bonds is 4. The molecule has 1 heterocycles. The number of esters is 1. The van der Waals surface area contributed by atoms with E-state index >= 15 is 0 Å². The zero-order valence-corrected chi connectivity index (χ0v) is 11.1. The second-order valence-corrected chi connectivity index (χ2v) is 4.27. The summed E-state index contributed by atoms with van der Waals surface area (Å²) in [6.07, 6.45) is 0.836. The van der Waals surface area contributed by atoms with Crippen LogP contribution < -0.4 is 5.73 Å². The summed E-state index contributed by atoms with van der Waals surface area (Å²) in [6, 6.07) is 10.1. The van der Waals surface area contributed by atoms with Gasteiger partial charge in [-0.3, -0.25) is 0 Å². The van der Waals surface area contributed by atoms with E-state index in [2.05, 4.69) is 21.9 Å². The fraction of sp³-hybridized carbons (Fsp3) is 0.286. The Hall–Kier alpha value is -2.30. The largest absolute Gasteiger partial charge is 0.464 e. The number of methoxy groups -OCH3 is 1. The molecule has 19 heavy (non-hydrogen) atoms. The molecule has 1 aromatic heterocycles. The molecule has 5 heteroatoms. The average molecular weight is 259 g/mol. The van der Waals surface area contributed by atoms with Gasteiger partial charge in [-0.25, -0.2) is 9.78 Å². The molecule has 0 bridgehead atoms. The quantitative estimate of drug-likeness (QED) is 0.850. The van der Waals surface area contributed by atoms with Gasteiger partial charge in [0.25, 0.3) is 0 Å². The minimum absolute atomic E-state index is 0.188. The van der Waals surface area contributed by atoms with Crippen molar-refractivity contribution in [2.24, 2.45) is 0 Å². The Morgan fingerprint density at radius 1 is 1.37 bits per heavy atom. The zero-order chi connectivity index (χ0) is 13.8. The van der Waals surface area contributed by atoms with Gasteiger partial charge in [0.2, 0.25) is 0 Å². The van der Waals surface area contributed by atoms with Gasteiger partial charge in [-0.2, -0.15) is 0 Å². The van der Waals surface area contributed by atoms with Gasteiger partial charge in [-0.15, -0.1) is 0 Å². The lowest BCUT2D eigenvalue weighted by atomic mass is 10.1. The Balaban J connectivity index is 2.17. The molecule has 0 spiro atoms. The molecule has 0 aliphatic heterocycles. The minimum atomic E-state index is -0.501. The summed E-state index contributed by atoms with van der Waals surface area (Å²) in [5.74, 6) is 0.577. The van der Waals surface area contributed by atoms with Crippen molar-refractivity contribution >= 4 is 11.8 Å². The third-order valence-electron chi connectivity index (χ3n) is 3.04. The first kappa shape index (κ1) is 13.1. The normalized spacial score (nSPS) is 10.4. The zero-order valence-electron chi connectivity index (χ0n) is 11.1. The van der Waals surface area contributed by atoms with Crippen LogP contribution in [0.5, 0.6) is 0 Å². The van der Waals surface area contributed by atoms with Crippen molar-refractivity contribution in [1.82, 2.24) is 9.55 Å². The predicted octanol–water partition coefficient (Wildman–Crippen LogP) is 1.80. The molecule has 100 valence electrons. The fourth-order valence-corrected chi connectivity index (χ4v) is 2.00. The highest BCUT2D eigenvalue weighted by Gasteiger charge is 2.18. The molecular weight excluding hydrogens is 242 g/mol. The van der Waals surface area contributed by atoms with E-state index in [1.54, 1.807) is 0 Å². The molecule has 0 amide bonds. The van der Waals surface area contributed by atoms with Crippen LogP contribution in [0, 0.1) is 6.92 Å². The van der Waals surface area contributed by atoms with Gasteiger partial charge < -0.3 is 15.0 Å². The number of ether oxygens (including phenoxy) is 1. The Kier molecular flexibility index (Phi) is 3.85. The van der Waals surface area contributed by atoms with E-state index in [1.165, 1.54) is 12.7 Å². The van der Waals surface area contributed by atoms with Gasteiger partial charge in [-0.1, -0.05) is 30.3 Å². The van der Waals surface area contributed by atoms with Crippen molar-refractivity contribution in [3.8, 4) is 0 Å². The second kappa shape index (κ2) is 5.56. The van der Waals surface area contributed by atoms with E-state index < -0.39 is 5.97 Å². The van der Waals surface area contributed by atoms with E-state index in [0.717, 1.165) is 6.42 Å². The number of benzene rings is 1. The number of aryl methyl sites for hydroxylation is 2. The number of nitrogen functional groups attached to an aromatic ring is 1. The number of hydrogen-bond acceptors (Lipinski definition) is 4. The summed E-state index contributed by atoms with van der Waals surface area (Å²) in [5, 5.41) is 0. The number of carbonyl (C=O) groups excluding carboxylic acids is 1. The van der Waals surface area contributed by atoms with Crippen LogP contribution in [0.1, 0.15) is 21.9 Å². The van der Waals surface area contributed by atoms with Gasteiger partial charge >= 0.3 is 5.97 Å². The number of nitrogens with zero attached hydrogens (tertiary/aromatic N) is 2. The van der Waals surface area contributed by atoms with Crippen LogP contribution in [-0.2, 0) is 17.7 Å². The molecule has 2 aromatic rings. The molecule has 0 atom stereocenters. The molecular formula is C14H17N3O2. The van der Waals surface area contributed by atoms with E-state index in [4.69, 9.17) is 5.73 Å². The Labute approximate surface area is 112 Å². The summed E-state index contributed by atoms with van der Waals surface area (Å²) in [5.41, 5.74) is 7.35. The standard InChI is InChI=1S/C14H17N3O2/c1-10-16-12(14(18)19-2)13(15)17(10)9-8-11-6-4-3-5-7-11/h3-7H,8-9,15H2,1-2H3. The van der Waals surface area contributed by atoms with Crippen molar-refractivity contribution < 1.29 is 9.53 Å². The molecule has 0 radical (unpaired) electrons. The second-order valence-electron chi connectivity index (χ2n) is 4.27. The topological polar surface area (TPSA) is 70.1 Å². The first-order chi connectivity index (χ1) is 9.13. The highest BCUT2D eigenvalue weighted by molar-refractivity contribution is 5.92. The average Bonchev–Trinajstić information content (AvgIpc) is 2.72. The van der Waals surface area contributed by atoms with Gasteiger partial charge in [0.15, 0.2) is 5.69 Å². The van der Waals surface area contributed by atoms with Crippen LogP contribution in [0.15, 0.2) is 30.3 Å². The molecule has 0 fully saturated rings. The van der Waals surface area contributed by atoms with Crippen molar-refractivity contribution in [2.75, 3.05) is 12.8 Å². The van der Waals surface area contributed by atoms with E-state index in [9.17, 15) is 4.79 Å². The summed E-state index contributed by atoms with van der Waals surface area (Å²) in [4.78, 5) is 15.7. The van der Waals surface area contributed by atoms with Crippen LogP contribution in [0.3, 0.4) is 0 Å². The van der Waals surface area contributed by atoms with Gasteiger partial charge in [0.1, 0.15) is 11.6 Å². The van der Waals surface area contributed by atoms with Crippen LogP contribution in [0.4, 0.5) is 5.82 Å². The molecule has 2 rings (SSSR count). The third-order valence-corrected chi connectivity index (χ3v) is 3.04. The number of anilines is 1. The lowest BCUT2D eigenvalue weighted by Crippen LogP contribution is -2.10.